The molecule has 0 spiro atoms. The van der Waals surface area contributed by atoms with Crippen molar-refractivity contribution < 1.29 is 9.13 Å². The van der Waals surface area contributed by atoms with Crippen molar-refractivity contribution in [2.24, 2.45) is 0 Å². The highest BCUT2D eigenvalue weighted by molar-refractivity contribution is 5.70. The van der Waals surface area contributed by atoms with Gasteiger partial charge in [-0.3, -0.25) is 0 Å². The molecule has 1 saturated heterocycles. The Labute approximate surface area is 153 Å². The molecule has 2 aliphatic rings. The second kappa shape index (κ2) is 7.75. The van der Waals surface area contributed by atoms with Crippen LogP contribution in [0.1, 0.15) is 12.0 Å². The van der Waals surface area contributed by atoms with Gasteiger partial charge in [0.25, 0.3) is 0 Å². The lowest BCUT2D eigenvalue weighted by atomic mass is 9.98. The summed E-state index contributed by atoms with van der Waals surface area (Å²) in [6, 6.07) is 17.8. The molecule has 0 saturated carbocycles. The number of allylic oxidation sites excluding steroid dienone is 2. The van der Waals surface area contributed by atoms with Crippen LogP contribution in [0.15, 0.2) is 72.9 Å². The minimum absolute atomic E-state index is 0.0445. The van der Waals surface area contributed by atoms with Crippen LogP contribution in [0.25, 0.3) is 5.57 Å². The topological polar surface area (TPSA) is 24.5 Å². The summed E-state index contributed by atoms with van der Waals surface area (Å²) in [5, 5.41) is 3.12. The summed E-state index contributed by atoms with van der Waals surface area (Å²) in [5.41, 5.74) is 2.34. The van der Waals surface area contributed by atoms with Crippen LogP contribution in [0.3, 0.4) is 0 Å². The minimum atomic E-state index is -0.825. The maximum atomic E-state index is 14.2. The number of nitrogens with one attached hydrogen (secondary N) is 1. The highest BCUT2D eigenvalue weighted by Gasteiger charge is 2.29. The standard InChI is InChI=1S/C22H23FN2O/c23-21-15-24-13-12-22(21)25-14-4-5-18(16-25)17-8-10-20(11-9-17)26-19-6-2-1-3-7-19/h1-11,14,21-22,24H,12-13,15-16H2. The number of rotatable bonds is 4. The molecule has 2 atom stereocenters. The van der Waals surface area contributed by atoms with E-state index in [1.165, 1.54) is 5.57 Å². The normalized spacial score (nSPS) is 22.8. The smallest absolute Gasteiger partial charge is 0.133 e. The fourth-order valence-corrected chi connectivity index (χ4v) is 3.53. The Morgan fingerprint density at radius 1 is 1.00 bits per heavy atom. The zero-order valence-corrected chi connectivity index (χ0v) is 14.6. The van der Waals surface area contributed by atoms with Gasteiger partial charge in [-0.25, -0.2) is 4.39 Å². The largest absolute Gasteiger partial charge is 0.457 e. The molecule has 2 aromatic carbocycles. The van der Waals surface area contributed by atoms with Gasteiger partial charge in [0.15, 0.2) is 0 Å². The second-order valence-electron chi connectivity index (χ2n) is 6.72. The van der Waals surface area contributed by atoms with E-state index >= 15 is 0 Å². The highest BCUT2D eigenvalue weighted by Crippen LogP contribution is 2.27. The van der Waals surface area contributed by atoms with E-state index in [4.69, 9.17) is 4.74 Å². The Balaban J connectivity index is 1.44. The van der Waals surface area contributed by atoms with Gasteiger partial charge in [-0.05, 0) is 60.6 Å². The van der Waals surface area contributed by atoms with Gasteiger partial charge in [-0.1, -0.05) is 36.4 Å². The summed E-state index contributed by atoms with van der Waals surface area (Å²) < 4.78 is 20.1. The third-order valence-electron chi connectivity index (χ3n) is 4.93. The number of piperidine rings is 1. The van der Waals surface area contributed by atoms with Crippen LogP contribution in [-0.4, -0.2) is 36.7 Å². The minimum Gasteiger partial charge on any atom is -0.457 e. The van der Waals surface area contributed by atoms with E-state index in [0.717, 1.165) is 36.6 Å². The zero-order chi connectivity index (χ0) is 17.8. The van der Waals surface area contributed by atoms with E-state index in [9.17, 15) is 4.39 Å². The lowest BCUT2D eigenvalue weighted by Gasteiger charge is -2.37. The molecule has 0 radical (unpaired) electrons. The zero-order valence-electron chi connectivity index (χ0n) is 14.6. The molecule has 0 bridgehead atoms. The van der Waals surface area contributed by atoms with Crippen molar-refractivity contribution in [3.8, 4) is 11.5 Å². The van der Waals surface area contributed by atoms with Crippen molar-refractivity contribution in [1.82, 2.24) is 10.2 Å². The molecule has 0 aromatic heterocycles. The number of hydrogen-bond acceptors (Lipinski definition) is 3. The molecule has 26 heavy (non-hydrogen) atoms. The Kier molecular flexibility index (Phi) is 5.02. The molecule has 4 heteroatoms. The third kappa shape index (κ3) is 3.81. The average molecular weight is 350 g/mol. The van der Waals surface area contributed by atoms with Crippen molar-refractivity contribution >= 4 is 5.57 Å². The predicted molar refractivity (Wildman–Crippen MR) is 103 cm³/mol. The monoisotopic (exact) mass is 350 g/mol. The van der Waals surface area contributed by atoms with Gasteiger partial charge in [-0.2, -0.15) is 0 Å². The van der Waals surface area contributed by atoms with Crippen LogP contribution >= 0.6 is 0 Å². The number of halogens is 1. The maximum Gasteiger partial charge on any atom is 0.133 e. The Morgan fingerprint density at radius 2 is 1.77 bits per heavy atom. The number of benzene rings is 2. The fourth-order valence-electron chi connectivity index (χ4n) is 3.53. The first-order valence-electron chi connectivity index (χ1n) is 9.11. The van der Waals surface area contributed by atoms with Crippen LogP contribution in [0.5, 0.6) is 11.5 Å². The Hall–Kier alpha value is -2.59. The maximum absolute atomic E-state index is 14.2. The van der Waals surface area contributed by atoms with Gasteiger partial charge < -0.3 is 15.0 Å². The third-order valence-corrected chi connectivity index (χ3v) is 4.93. The summed E-state index contributed by atoms with van der Waals surface area (Å²) in [6.45, 7) is 2.06. The quantitative estimate of drug-likeness (QED) is 0.885. The fraction of sp³-hybridized carbons (Fsp3) is 0.273. The molecule has 134 valence electrons. The SMILES string of the molecule is FC1CNCCC1N1C=CC=C(c2ccc(Oc3ccccc3)cc2)C1. The molecule has 2 unspecified atom stereocenters. The van der Waals surface area contributed by atoms with E-state index in [0.29, 0.717) is 6.54 Å². The molecule has 1 N–H and O–H groups in total. The number of para-hydroxylation sites is 1. The van der Waals surface area contributed by atoms with Crippen LogP contribution in [0, 0.1) is 0 Å². The van der Waals surface area contributed by atoms with Crippen LogP contribution < -0.4 is 10.1 Å². The number of ether oxygens (including phenoxy) is 1. The molecule has 2 heterocycles. The van der Waals surface area contributed by atoms with E-state index in [1.807, 2.05) is 54.7 Å². The summed E-state index contributed by atoms with van der Waals surface area (Å²) in [5.74, 6) is 1.64. The van der Waals surface area contributed by atoms with E-state index in [2.05, 4.69) is 28.4 Å². The van der Waals surface area contributed by atoms with Crippen LogP contribution in [0.2, 0.25) is 0 Å². The molecule has 2 aromatic rings. The van der Waals surface area contributed by atoms with Crippen molar-refractivity contribution in [2.45, 2.75) is 18.6 Å². The number of nitrogens with zero attached hydrogens (tertiary/aromatic N) is 1. The van der Waals surface area contributed by atoms with Crippen molar-refractivity contribution in [3.05, 3.63) is 78.5 Å². The molecule has 0 amide bonds. The van der Waals surface area contributed by atoms with Crippen molar-refractivity contribution in [2.75, 3.05) is 19.6 Å². The van der Waals surface area contributed by atoms with Crippen molar-refractivity contribution in [1.29, 1.82) is 0 Å². The molecule has 0 aliphatic carbocycles. The van der Waals surface area contributed by atoms with Gasteiger partial charge >= 0.3 is 0 Å². The Bertz CT molecular complexity index is 786. The predicted octanol–water partition coefficient (Wildman–Crippen LogP) is 4.39. The highest BCUT2D eigenvalue weighted by atomic mass is 19.1. The first-order valence-corrected chi connectivity index (χ1v) is 9.11. The van der Waals surface area contributed by atoms with E-state index in [1.54, 1.807) is 0 Å². The number of alkyl halides is 1. The molecule has 1 fully saturated rings. The summed E-state index contributed by atoms with van der Waals surface area (Å²) in [7, 11) is 0. The molecule has 4 rings (SSSR count). The van der Waals surface area contributed by atoms with Crippen LogP contribution in [0.4, 0.5) is 4.39 Å². The Morgan fingerprint density at radius 3 is 2.54 bits per heavy atom. The van der Waals surface area contributed by atoms with Gasteiger partial charge in [-0.15, -0.1) is 0 Å². The van der Waals surface area contributed by atoms with Gasteiger partial charge in [0.2, 0.25) is 0 Å². The van der Waals surface area contributed by atoms with E-state index in [-0.39, 0.29) is 6.04 Å². The summed E-state index contributed by atoms with van der Waals surface area (Å²) in [4.78, 5) is 2.13. The lowest BCUT2D eigenvalue weighted by molar-refractivity contribution is 0.130. The molecule has 3 nitrogen and oxygen atoms in total. The molecule has 2 aliphatic heterocycles. The van der Waals surface area contributed by atoms with Gasteiger partial charge in [0.1, 0.15) is 17.7 Å². The summed E-state index contributed by atoms with van der Waals surface area (Å²) in [6.07, 6.45) is 6.15. The lowest BCUT2D eigenvalue weighted by Crippen LogP contribution is -2.49. The summed E-state index contributed by atoms with van der Waals surface area (Å²) >= 11 is 0. The first kappa shape index (κ1) is 16.9. The molecular formula is C22H23FN2O. The van der Waals surface area contributed by atoms with Crippen molar-refractivity contribution in [3.63, 3.8) is 0 Å². The second-order valence-corrected chi connectivity index (χ2v) is 6.72. The van der Waals surface area contributed by atoms with E-state index < -0.39 is 6.17 Å². The average Bonchev–Trinajstić information content (AvgIpc) is 2.70. The van der Waals surface area contributed by atoms with Gasteiger partial charge in [0, 0.05) is 13.1 Å². The first-order chi connectivity index (χ1) is 12.8. The van der Waals surface area contributed by atoms with Gasteiger partial charge in [0.05, 0.1) is 6.04 Å². The number of hydrogen-bond donors (Lipinski definition) is 1. The molecular weight excluding hydrogens is 327 g/mol. The van der Waals surface area contributed by atoms with Crippen LogP contribution in [-0.2, 0) is 0 Å².